The van der Waals surface area contributed by atoms with Gasteiger partial charge in [-0.15, -0.1) is 0 Å². The maximum Gasteiger partial charge on any atom is 0.411 e. The number of tetrazole rings is 2. The van der Waals surface area contributed by atoms with Gasteiger partial charge in [0.25, 0.3) is 0 Å². The minimum absolute atomic E-state index is 0.193. The lowest BCUT2D eigenvalue weighted by Gasteiger charge is -2.42. The number of hydrogen-bond donors (Lipinski definition) is 0. The molecule has 17 heteroatoms. The summed E-state index contributed by atoms with van der Waals surface area (Å²) in [7, 11) is 0. The fourth-order valence-corrected chi connectivity index (χ4v) is 5.11. The molecule has 0 amide bonds. The normalized spacial score (nSPS) is 13.8. The molecule has 0 spiro atoms. The summed E-state index contributed by atoms with van der Waals surface area (Å²) in [6.45, 7) is 0. The predicted octanol–water partition coefficient (Wildman–Crippen LogP) is 6.74. The number of rotatable bonds is 6. The van der Waals surface area contributed by atoms with Crippen molar-refractivity contribution in [1.82, 2.24) is 40.4 Å². The second-order valence-corrected chi connectivity index (χ2v) is 9.79. The molecule has 0 fully saturated rings. The fraction of sp³-hybridized carbons (Fsp3) is 0.103. The lowest BCUT2D eigenvalue weighted by Crippen LogP contribution is -2.56. The molecule has 2 aromatic heterocycles. The quantitative estimate of drug-likeness (QED) is 0.183. The number of hydrogen-bond acceptors (Lipinski definition) is 9. The third kappa shape index (κ3) is 4.63. The van der Waals surface area contributed by atoms with Crippen LogP contribution < -0.4 is 14.2 Å². The van der Waals surface area contributed by atoms with E-state index < -0.39 is 40.4 Å². The van der Waals surface area contributed by atoms with Crippen LogP contribution in [0.4, 0.5) is 26.3 Å². The van der Waals surface area contributed by atoms with Crippen LogP contribution in [0.2, 0.25) is 0 Å². The first-order valence-electron chi connectivity index (χ1n) is 13.2. The van der Waals surface area contributed by atoms with E-state index in [0.29, 0.717) is 23.5 Å². The third-order valence-corrected chi connectivity index (χ3v) is 7.09. The highest BCUT2D eigenvalue weighted by Crippen LogP contribution is 2.63. The zero-order valence-electron chi connectivity index (χ0n) is 22.8. The molecule has 7 rings (SSSR count). The molecule has 0 N–H and O–H groups in total. The molecule has 46 heavy (non-hydrogen) atoms. The molecule has 232 valence electrons. The summed E-state index contributed by atoms with van der Waals surface area (Å²) in [6.07, 6.45) is -11.7. The molecule has 4 aromatic carbocycles. The molecule has 0 radical (unpaired) electrons. The van der Waals surface area contributed by atoms with E-state index in [2.05, 4.69) is 31.1 Å². The van der Waals surface area contributed by atoms with Crippen molar-refractivity contribution in [3.05, 3.63) is 108 Å². The fourth-order valence-electron chi connectivity index (χ4n) is 5.11. The number of para-hydroxylation sites is 2. The molecule has 11 nitrogen and oxygen atoms in total. The van der Waals surface area contributed by atoms with E-state index in [1.165, 1.54) is 9.36 Å². The third-order valence-electron chi connectivity index (χ3n) is 7.09. The average Bonchev–Trinajstić information content (AvgIpc) is 3.69. The Balaban J connectivity index is 1.30. The van der Waals surface area contributed by atoms with Gasteiger partial charge in [0.15, 0.2) is 0 Å². The number of benzene rings is 4. The first-order chi connectivity index (χ1) is 22.1. The largest absolute Gasteiger partial charge is 0.456 e. The smallest absolute Gasteiger partial charge is 0.411 e. The van der Waals surface area contributed by atoms with E-state index in [1.807, 2.05) is 0 Å². The van der Waals surface area contributed by atoms with Gasteiger partial charge in [0, 0.05) is 23.3 Å². The molecule has 0 saturated carbocycles. The van der Waals surface area contributed by atoms with Crippen molar-refractivity contribution < 1.29 is 40.6 Å². The molecule has 0 atom stereocenters. The molecule has 0 aliphatic carbocycles. The van der Waals surface area contributed by atoms with E-state index in [4.69, 9.17) is 14.2 Å². The number of aromatic nitrogens is 8. The van der Waals surface area contributed by atoms with Gasteiger partial charge in [-0.2, -0.15) is 35.7 Å². The maximum absolute atomic E-state index is 14.8. The lowest BCUT2D eigenvalue weighted by molar-refractivity contribution is -0.290. The van der Waals surface area contributed by atoms with E-state index >= 15 is 0 Å². The van der Waals surface area contributed by atoms with Crippen LogP contribution in [0.5, 0.6) is 35.0 Å². The van der Waals surface area contributed by atoms with Crippen molar-refractivity contribution in [2.24, 2.45) is 0 Å². The number of fused-ring (bicyclic) bond motifs is 2. The Hall–Kier alpha value is -6.00. The Morgan fingerprint density at radius 1 is 0.565 bits per heavy atom. The summed E-state index contributed by atoms with van der Waals surface area (Å²) < 4.78 is 109. The predicted molar refractivity (Wildman–Crippen MR) is 144 cm³/mol. The minimum atomic E-state index is -5.85. The zero-order valence-corrected chi connectivity index (χ0v) is 22.8. The Morgan fingerprint density at radius 2 is 0.978 bits per heavy atom. The molecule has 0 unspecified atom stereocenters. The van der Waals surface area contributed by atoms with Crippen molar-refractivity contribution in [2.75, 3.05) is 0 Å². The summed E-state index contributed by atoms with van der Waals surface area (Å²) in [4.78, 5) is 0. The van der Waals surface area contributed by atoms with Crippen molar-refractivity contribution in [3.63, 3.8) is 0 Å². The Bertz CT molecular complexity index is 1890. The summed E-state index contributed by atoms with van der Waals surface area (Å²) in [6, 6.07) is 21.6. The number of alkyl halides is 6. The standard InChI is InChI=1S/C29H16F6N8O3/c30-28(31,32)27(29(33,34)35)21-13-11-19(44-25-36-38-40-42(25)17-7-3-1-4-8-17)15-23(21)46-24-16-20(12-14-22(24)27)45-26-37-39-41-43(26)18-9-5-2-6-10-18/h1-16H. The SMILES string of the molecule is FC(F)(F)C1(C(F)(F)F)c2ccc(Oc3nnnn3-c3ccccc3)cc2Oc2cc(Oc3nnnn3-c3ccccc3)ccc21. The number of halogens is 6. The van der Waals surface area contributed by atoms with Crippen molar-refractivity contribution in [3.8, 4) is 46.4 Å². The van der Waals surface area contributed by atoms with Crippen LogP contribution >= 0.6 is 0 Å². The molecular weight excluding hydrogens is 622 g/mol. The van der Waals surface area contributed by atoms with Crippen LogP contribution in [-0.4, -0.2) is 52.8 Å². The van der Waals surface area contributed by atoms with Crippen molar-refractivity contribution in [1.29, 1.82) is 0 Å². The lowest BCUT2D eigenvalue weighted by atomic mass is 9.71. The number of ether oxygens (including phenoxy) is 3. The second kappa shape index (κ2) is 10.6. The monoisotopic (exact) mass is 638 g/mol. The summed E-state index contributed by atoms with van der Waals surface area (Å²) >= 11 is 0. The van der Waals surface area contributed by atoms with Crippen LogP contribution in [0.3, 0.4) is 0 Å². The first kappa shape index (κ1) is 28.8. The van der Waals surface area contributed by atoms with Crippen LogP contribution in [0, 0.1) is 0 Å². The van der Waals surface area contributed by atoms with E-state index in [1.54, 1.807) is 60.7 Å². The van der Waals surface area contributed by atoms with Crippen molar-refractivity contribution >= 4 is 0 Å². The van der Waals surface area contributed by atoms with E-state index in [9.17, 15) is 26.3 Å². The summed E-state index contributed by atoms with van der Waals surface area (Å²) in [5.41, 5.74) is -5.85. The highest BCUT2D eigenvalue weighted by molar-refractivity contribution is 5.63. The van der Waals surface area contributed by atoms with E-state index in [-0.39, 0.29) is 23.5 Å². The van der Waals surface area contributed by atoms with Crippen molar-refractivity contribution in [2.45, 2.75) is 17.8 Å². The molecule has 1 aliphatic rings. The topological polar surface area (TPSA) is 115 Å². The highest BCUT2D eigenvalue weighted by atomic mass is 19.4. The number of nitrogens with zero attached hydrogens (tertiary/aromatic N) is 8. The van der Waals surface area contributed by atoms with Crippen LogP contribution in [0.25, 0.3) is 11.4 Å². The molecule has 0 bridgehead atoms. The Morgan fingerprint density at radius 3 is 1.37 bits per heavy atom. The molecule has 6 aromatic rings. The molecular formula is C29H16F6N8O3. The Labute approximate surface area is 253 Å². The second-order valence-electron chi connectivity index (χ2n) is 9.79. The first-order valence-corrected chi connectivity index (χ1v) is 13.2. The Kier molecular flexibility index (Phi) is 6.61. The molecule has 1 aliphatic heterocycles. The summed E-state index contributed by atoms with van der Waals surface area (Å²) in [5, 5.41) is 22.3. The minimum Gasteiger partial charge on any atom is -0.456 e. The van der Waals surface area contributed by atoms with Gasteiger partial charge in [0.1, 0.15) is 23.0 Å². The van der Waals surface area contributed by atoms with Crippen LogP contribution in [0.1, 0.15) is 11.1 Å². The van der Waals surface area contributed by atoms with Gasteiger partial charge in [0.05, 0.1) is 11.4 Å². The van der Waals surface area contributed by atoms with E-state index in [0.717, 1.165) is 24.3 Å². The van der Waals surface area contributed by atoms with Gasteiger partial charge in [-0.05, 0) is 57.3 Å². The van der Waals surface area contributed by atoms with Gasteiger partial charge in [0.2, 0.25) is 5.41 Å². The molecule has 3 heterocycles. The van der Waals surface area contributed by atoms with Gasteiger partial charge < -0.3 is 14.2 Å². The van der Waals surface area contributed by atoms with Crippen LogP contribution in [0.15, 0.2) is 97.1 Å². The average molecular weight is 638 g/mol. The van der Waals surface area contributed by atoms with Gasteiger partial charge in [-0.25, -0.2) is 0 Å². The van der Waals surface area contributed by atoms with Gasteiger partial charge in [-0.3, -0.25) is 0 Å². The van der Waals surface area contributed by atoms with Gasteiger partial charge in [-0.1, -0.05) is 58.7 Å². The van der Waals surface area contributed by atoms with Gasteiger partial charge >= 0.3 is 24.4 Å². The highest BCUT2D eigenvalue weighted by Gasteiger charge is 2.75. The molecule has 0 saturated heterocycles. The zero-order chi connectivity index (χ0) is 32.1. The van der Waals surface area contributed by atoms with Crippen LogP contribution in [-0.2, 0) is 5.41 Å². The summed E-state index contributed by atoms with van der Waals surface area (Å²) in [5.74, 6) is -1.90. The maximum atomic E-state index is 14.8.